The molecule has 0 bridgehead atoms. The number of rotatable bonds is 3. The summed E-state index contributed by atoms with van der Waals surface area (Å²) in [5.74, 6) is 0.999. The van der Waals surface area contributed by atoms with Crippen molar-refractivity contribution < 1.29 is 13.2 Å². The quantitative estimate of drug-likeness (QED) is 0.903. The smallest absolute Gasteiger partial charge is 0.373 e. The van der Waals surface area contributed by atoms with E-state index in [1.807, 2.05) is 0 Å². The average Bonchev–Trinajstić information content (AvgIpc) is 2.40. The molecule has 1 heterocycles. The second kappa shape index (κ2) is 5.36. The van der Waals surface area contributed by atoms with Crippen LogP contribution in [0.5, 0.6) is 0 Å². The number of hydrogen-bond acceptors (Lipinski definition) is 4. The lowest BCUT2D eigenvalue weighted by molar-refractivity contribution is -0.137. The number of nitrogens with zero attached hydrogens (tertiary/aromatic N) is 2. The van der Waals surface area contributed by atoms with E-state index in [9.17, 15) is 13.2 Å². The molecule has 7 heteroatoms. The maximum absolute atomic E-state index is 12.7. The fourth-order valence-corrected chi connectivity index (χ4v) is 1.63. The van der Waals surface area contributed by atoms with E-state index in [0.717, 1.165) is 12.1 Å². The lowest BCUT2D eigenvalue weighted by Gasteiger charge is -2.13. The summed E-state index contributed by atoms with van der Waals surface area (Å²) < 4.78 is 38.1. The van der Waals surface area contributed by atoms with Crippen molar-refractivity contribution in [1.29, 1.82) is 0 Å². The summed E-state index contributed by atoms with van der Waals surface area (Å²) >= 11 is 0. The van der Waals surface area contributed by atoms with Gasteiger partial charge < -0.3 is 10.6 Å². The maximum atomic E-state index is 12.7. The van der Waals surface area contributed by atoms with Gasteiger partial charge in [0.2, 0.25) is 0 Å². The average molecular weight is 282 g/mol. The van der Waals surface area contributed by atoms with Gasteiger partial charge in [0, 0.05) is 18.8 Å². The van der Waals surface area contributed by atoms with Crippen LogP contribution in [0.1, 0.15) is 11.1 Å². The lowest BCUT2D eigenvalue weighted by atomic mass is 10.1. The lowest BCUT2D eigenvalue weighted by Crippen LogP contribution is -2.06. The van der Waals surface area contributed by atoms with Crippen LogP contribution in [0, 0.1) is 6.92 Å². The van der Waals surface area contributed by atoms with Gasteiger partial charge in [-0.1, -0.05) is 6.07 Å². The Labute approximate surface area is 114 Å². The predicted molar refractivity (Wildman–Crippen MR) is 71.0 cm³/mol. The molecular formula is C13H13F3N4. The van der Waals surface area contributed by atoms with Gasteiger partial charge in [0.05, 0.1) is 5.56 Å². The second-order valence-electron chi connectivity index (χ2n) is 4.19. The molecular weight excluding hydrogens is 269 g/mol. The molecule has 2 rings (SSSR count). The first kappa shape index (κ1) is 14.1. The van der Waals surface area contributed by atoms with Gasteiger partial charge in [-0.25, -0.2) is 9.97 Å². The highest BCUT2D eigenvalue weighted by atomic mass is 19.4. The number of halogens is 3. The number of nitrogens with one attached hydrogen (secondary N) is 2. The molecule has 2 aromatic rings. The Bertz CT molecular complexity index is 611. The third-order valence-electron chi connectivity index (χ3n) is 2.75. The van der Waals surface area contributed by atoms with Gasteiger partial charge in [-0.05, 0) is 24.6 Å². The number of aromatic nitrogens is 2. The van der Waals surface area contributed by atoms with Crippen LogP contribution in [-0.2, 0) is 6.18 Å². The van der Waals surface area contributed by atoms with E-state index in [1.165, 1.54) is 12.4 Å². The molecule has 0 saturated carbocycles. The van der Waals surface area contributed by atoms with Crippen molar-refractivity contribution in [2.45, 2.75) is 13.1 Å². The molecule has 0 amide bonds. The summed E-state index contributed by atoms with van der Waals surface area (Å²) in [5.41, 5.74) is 0.358. The molecule has 0 aliphatic heterocycles. The van der Waals surface area contributed by atoms with E-state index in [1.54, 1.807) is 20.0 Å². The van der Waals surface area contributed by atoms with Crippen molar-refractivity contribution in [2.75, 3.05) is 17.7 Å². The van der Waals surface area contributed by atoms with Gasteiger partial charge in [-0.15, -0.1) is 0 Å². The number of hydrogen-bond donors (Lipinski definition) is 2. The monoisotopic (exact) mass is 282 g/mol. The van der Waals surface area contributed by atoms with Gasteiger partial charge in [0.25, 0.3) is 0 Å². The first-order chi connectivity index (χ1) is 9.40. The fraction of sp³-hybridized carbons (Fsp3) is 0.231. The van der Waals surface area contributed by atoms with Crippen molar-refractivity contribution in [3.8, 4) is 0 Å². The summed E-state index contributed by atoms with van der Waals surface area (Å²) in [6, 6.07) is 5.15. The van der Waals surface area contributed by atoms with Gasteiger partial charge in [0.1, 0.15) is 18.0 Å². The zero-order valence-corrected chi connectivity index (χ0v) is 10.9. The van der Waals surface area contributed by atoms with Crippen molar-refractivity contribution >= 4 is 17.3 Å². The van der Waals surface area contributed by atoms with Crippen molar-refractivity contribution in [2.24, 2.45) is 0 Å². The van der Waals surface area contributed by atoms with Gasteiger partial charge in [-0.3, -0.25) is 0 Å². The number of alkyl halides is 3. The molecule has 4 nitrogen and oxygen atoms in total. The molecule has 1 aromatic carbocycles. The Hall–Kier alpha value is -2.31. The molecule has 0 unspecified atom stereocenters. The Balaban J connectivity index is 2.32. The minimum absolute atomic E-state index is 0.362. The zero-order valence-electron chi connectivity index (χ0n) is 10.9. The first-order valence-corrected chi connectivity index (χ1v) is 5.85. The van der Waals surface area contributed by atoms with E-state index in [4.69, 9.17) is 0 Å². The Morgan fingerprint density at radius 1 is 1.05 bits per heavy atom. The van der Waals surface area contributed by atoms with Crippen LogP contribution >= 0.6 is 0 Å². The minimum atomic E-state index is -4.37. The summed E-state index contributed by atoms with van der Waals surface area (Å²) in [5, 5.41) is 5.70. The van der Waals surface area contributed by atoms with E-state index in [-0.39, 0.29) is 0 Å². The fourth-order valence-electron chi connectivity index (χ4n) is 1.63. The Morgan fingerprint density at radius 2 is 1.75 bits per heavy atom. The highest BCUT2D eigenvalue weighted by Crippen LogP contribution is 2.32. The third kappa shape index (κ3) is 3.17. The van der Waals surface area contributed by atoms with Crippen LogP contribution in [0.15, 0.2) is 30.6 Å². The minimum Gasteiger partial charge on any atom is -0.373 e. The highest BCUT2D eigenvalue weighted by molar-refractivity contribution is 5.63. The molecule has 0 aliphatic rings. The second-order valence-corrected chi connectivity index (χ2v) is 4.19. The number of benzene rings is 1. The van der Waals surface area contributed by atoms with Crippen LogP contribution < -0.4 is 10.6 Å². The van der Waals surface area contributed by atoms with Crippen molar-refractivity contribution in [3.63, 3.8) is 0 Å². The summed E-state index contributed by atoms with van der Waals surface area (Å²) in [4.78, 5) is 7.91. The SMILES string of the molecule is CNc1cc(Nc2cc(C(F)(F)F)ccc2C)ncn1. The highest BCUT2D eigenvalue weighted by Gasteiger charge is 2.30. The molecule has 0 aliphatic carbocycles. The first-order valence-electron chi connectivity index (χ1n) is 5.85. The molecule has 0 saturated heterocycles. The molecule has 0 atom stereocenters. The van der Waals surface area contributed by atoms with Crippen molar-refractivity contribution in [3.05, 3.63) is 41.7 Å². The molecule has 20 heavy (non-hydrogen) atoms. The van der Waals surface area contributed by atoms with Gasteiger partial charge >= 0.3 is 6.18 Å². The topological polar surface area (TPSA) is 49.8 Å². The van der Waals surface area contributed by atoms with E-state index >= 15 is 0 Å². The van der Waals surface area contributed by atoms with Crippen LogP contribution in [0.2, 0.25) is 0 Å². The van der Waals surface area contributed by atoms with E-state index in [0.29, 0.717) is 22.9 Å². The standard InChI is InChI=1S/C13H13F3N4/c1-8-3-4-9(13(14,15)16)5-10(8)20-12-6-11(17-2)18-7-19-12/h3-7H,1-2H3,(H2,17,18,19,20). The number of aryl methyl sites for hydroxylation is 1. The van der Waals surface area contributed by atoms with Crippen LogP contribution in [0.4, 0.5) is 30.5 Å². The summed E-state index contributed by atoms with van der Waals surface area (Å²) in [6.07, 6.45) is -3.04. The van der Waals surface area contributed by atoms with Crippen LogP contribution in [-0.4, -0.2) is 17.0 Å². The van der Waals surface area contributed by atoms with E-state index in [2.05, 4.69) is 20.6 Å². The zero-order chi connectivity index (χ0) is 14.8. The van der Waals surface area contributed by atoms with Crippen LogP contribution in [0.3, 0.4) is 0 Å². The molecule has 0 fully saturated rings. The summed E-state index contributed by atoms with van der Waals surface area (Å²) in [7, 11) is 1.70. The Kier molecular flexibility index (Phi) is 3.78. The molecule has 1 aromatic heterocycles. The molecule has 106 valence electrons. The van der Waals surface area contributed by atoms with E-state index < -0.39 is 11.7 Å². The normalized spacial score (nSPS) is 11.2. The predicted octanol–water partition coefficient (Wildman–Crippen LogP) is 3.59. The van der Waals surface area contributed by atoms with Crippen molar-refractivity contribution in [1.82, 2.24) is 9.97 Å². The largest absolute Gasteiger partial charge is 0.416 e. The van der Waals surface area contributed by atoms with Gasteiger partial charge in [0.15, 0.2) is 0 Å². The maximum Gasteiger partial charge on any atom is 0.416 e. The Morgan fingerprint density at radius 3 is 2.40 bits per heavy atom. The third-order valence-corrected chi connectivity index (χ3v) is 2.75. The number of anilines is 3. The molecule has 0 radical (unpaired) electrons. The molecule has 2 N–H and O–H groups in total. The molecule has 0 spiro atoms. The van der Waals surface area contributed by atoms with Crippen LogP contribution in [0.25, 0.3) is 0 Å². The summed E-state index contributed by atoms with van der Waals surface area (Å²) in [6.45, 7) is 1.72. The van der Waals surface area contributed by atoms with Gasteiger partial charge in [-0.2, -0.15) is 13.2 Å².